The highest BCUT2D eigenvalue weighted by Crippen LogP contribution is 2.70. The summed E-state index contributed by atoms with van der Waals surface area (Å²) < 4.78 is 119. The fraction of sp³-hybridized carbons (Fsp3) is 0.611. The summed E-state index contributed by atoms with van der Waals surface area (Å²) in [6, 6.07) is 17.2. The van der Waals surface area contributed by atoms with E-state index in [2.05, 4.69) is 27.2 Å². The Labute approximate surface area is 753 Å². The number of likely N-dealkylation sites (N-methyl/N-ethyl adjacent to an activating group) is 1. The van der Waals surface area contributed by atoms with Crippen molar-refractivity contribution >= 4 is 53.9 Å². The Bertz CT molecular complexity index is 5100. The molecule has 7 heterocycles. The van der Waals surface area contributed by atoms with Gasteiger partial charge in [-0.15, -0.1) is 0 Å². The maximum Gasteiger partial charge on any atom is 0.408 e. The van der Waals surface area contributed by atoms with Crippen molar-refractivity contribution in [3.63, 3.8) is 0 Å². The summed E-state index contributed by atoms with van der Waals surface area (Å²) in [5.41, 5.74) is -12.8. The molecule has 2 aromatic heterocycles. The number of nitrogens with one attached hydrogen (secondary N) is 2. The molecule has 4 saturated carbocycles. The number of carbonyl (C=O) groups is 9. The van der Waals surface area contributed by atoms with E-state index < -0.39 is 255 Å². The van der Waals surface area contributed by atoms with E-state index in [-0.39, 0.29) is 36.8 Å². The molecule has 706 valence electrons. The number of pyridine rings is 2. The number of amides is 3. The fourth-order valence-corrected chi connectivity index (χ4v) is 22.4. The minimum absolute atomic E-state index is 0.0646. The topological polar surface area (TPSA) is 420 Å². The van der Waals surface area contributed by atoms with Gasteiger partial charge in [-0.2, -0.15) is 0 Å². The molecule has 33 nitrogen and oxygen atoms in total. The highest BCUT2D eigenvalue weighted by atomic mass is 19.1. The number of ether oxygens (including phenoxy) is 14. The summed E-state index contributed by atoms with van der Waals surface area (Å²) in [5, 5.41) is 56.0. The Balaban J connectivity index is 0.000000211. The zero-order chi connectivity index (χ0) is 94.6. The van der Waals surface area contributed by atoms with Crippen molar-refractivity contribution in [3.8, 4) is 0 Å². The van der Waals surface area contributed by atoms with Crippen LogP contribution in [0, 0.1) is 45.1 Å². The number of aromatic nitrogens is 2. The van der Waals surface area contributed by atoms with Crippen LogP contribution < -0.4 is 10.6 Å². The average Bonchev–Trinajstić information content (AvgIpc) is 1.09. The van der Waals surface area contributed by atoms with Gasteiger partial charge in [0.25, 0.3) is 0 Å². The van der Waals surface area contributed by atoms with E-state index in [1.54, 1.807) is 158 Å². The molecular weight excluding hydrogens is 1700 g/mol. The third-order valence-electron chi connectivity index (χ3n) is 28.6. The Morgan fingerprint density at radius 1 is 0.585 bits per heavy atom. The lowest BCUT2D eigenvalue weighted by molar-refractivity contribution is -0.345. The molecular formula is C95H120F2N6O27. The second kappa shape index (κ2) is 35.6. The standard InChI is InChI=1S/C50H65FN4O14.C45H55FN2O13/c1-26-31(64-44(60)37(57)36(35-29(51)17-14-21-52-35)53-45(61)69-46(3,4)5)23-50(62)41(67-43(59)28-15-12-11-13-16-28)39-48(8,20-18-32-49(39,25-63-32)68-27(2)56)40-38(34(26)47(50,6)7)65-33(66-40)24-55-22-19-30(55)42(58)54(9)10;1-10-29-57-34-30-23(2)27(56-39(52)33(50)32(31-26(46)17-14-20-47-31)48-40(53)61-41(4,5)6)21-45(54,42(30,7)8)37(59-38(51)25-15-12-11-13-16-25)35-43(9,36(34)58-29)19-18-28-44(35,22-55-28)60-24(3)49/h11-17,21,30-33,36-41,57,62H,18-20,22-25H2,1-10H3,(H,53,61);10-17,20,27-29,32-37,50,54H,1,18-19,21-22H2,2-9H3,(H,48,53)/t30-,31-,32+,33+,36-,37+,38+,39-,40+,41-,48+,49-,50+;27-,28+,29+,32-,33+,34+,35-,36+,37-,43+,44-,45+/m00/s1. The van der Waals surface area contributed by atoms with Gasteiger partial charge in [-0.25, -0.2) is 37.5 Å². The van der Waals surface area contributed by atoms with Gasteiger partial charge < -0.3 is 102 Å². The van der Waals surface area contributed by atoms with E-state index in [9.17, 15) is 63.6 Å². The molecule has 35 heteroatoms. The van der Waals surface area contributed by atoms with E-state index in [1.807, 2.05) is 18.7 Å². The monoisotopic (exact) mass is 1810 g/mol. The SMILES string of the molecule is C=C[C@@H]1O[C@@H]2C3=C(C)[C@@H](OC(=O)[C@H](O)[C@@H](NC(=O)OC(C)(C)C)c4ncccc4F)C[C@@](O)([C@@H](OC(=O)c4ccccc4)[C@H]4[C@@](C)(CC[C@H]5OC[C@]54OC(C)=O)[C@@H]2O1)C3(C)C.CC(=O)O[C@@]12CO[C@@H]1CC[C@@]1(C)[C@@H]3O[C@H](CN4CC[C@H]4C(=O)N(C)C)O[C@@H]3C3=C(C)[C@@H](OC(=O)[C@H](O)[C@@H](NC(=O)OC(C)(C)C)c4ncccc4F)C[C@@](O)([C@@H](OC(=O)c4ccccc4)[C@@H]12)C3(C)C. The van der Waals surface area contributed by atoms with E-state index in [0.29, 0.717) is 60.9 Å². The van der Waals surface area contributed by atoms with Gasteiger partial charge in [0.2, 0.25) is 5.91 Å². The van der Waals surface area contributed by atoms with Crippen LogP contribution in [0.4, 0.5) is 18.4 Å². The summed E-state index contributed by atoms with van der Waals surface area (Å²) in [7, 11) is 3.39. The number of hydrogen-bond donors (Lipinski definition) is 6. The van der Waals surface area contributed by atoms with Crippen LogP contribution in [0.1, 0.15) is 200 Å². The van der Waals surface area contributed by atoms with Gasteiger partial charge in [-0.05, 0) is 164 Å². The predicted molar refractivity (Wildman–Crippen MR) is 454 cm³/mol. The number of nitrogens with zero attached hydrogens (tertiary/aromatic N) is 4. The van der Waals surface area contributed by atoms with Crippen molar-refractivity contribution in [2.24, 2.45) is 33.5 Å². The normalized spacial score (nSPS) is 34.5. The van der Waals surface area contributed by atoms with E-state index in [0.717, 1.165) is 12.1 Å². The summed E-state index contributed by atoms with van der Waals surface area (Å²) in [4.78, 5) is 135. The zero-order valence-electron chi connectivity index (χ0n) is 76.5. The van der Waals surface area contributed by atoms with Gasteiger partial charge in [0.1, 0.15) is 106 Å². The fourth-order valence-electron chi connectivity index (χ4n) is 22.4. The Hall–Kier alpha value is -9.79. The largest absolute Gasteiger partial charge is 0.456 e. The Morgan fingerprint density at radius 3 is 1.35 bits per heavy atom. The quantitative estimate of drug-likeness (QED) is 0.0272. The maximum atomic E-state index is 15.4. The lowest BCUT2D eigenvalue weighted by atomic mass is 9.45. The molecule has 5 saturated heterocycles. The van der Waals surface area contributed by atoms with E-state index in [4.69, 9.17) is 66.3 Å². The van der Waals surface area contributed by atoms with Crippen LogP contribution in [0.5, 0.6) is 0 Å². The Kier molecular flexibility index (Phi) is 26.4. The number of alkyl carbamates (subject to hydrolysis) is 2. The molecule has 5 aliphatic heterocycles. The lowest BCUT2D eigenvalue weighted by Crippen LogP contribution is -2.79. The number of carbonyl (C=O) groups excluding carboxylic acids is 9. The van der Waals surface area contributed by atoms with Gasteiger partial charge >= 0.3 is 48.0 Å². The second-order valence-electron chi connectivity index (χ2n) is 39.8. The van der Waals surface area contributed by atoms with Gasteiger partial charge in [-0.3, -0.25) is 29.3 Å². The summed E-state index contributed by atoms with van der Waals surface area (Å²) in [5.74, 6) is -9.38. The molecule has 6 aliphatic carbocycles. The molecule has 11 aliphatic rings. The van der Waals surface area contributed by atoms with Crippen LogP contribution >= 0.6 is 0 Å². The minimum atomic E-state index is -2.28. The number of rotatable bonds is 20. The highest BCUT2D eigenvalue weighted by molar-refractivity contribution is 5.90. The van der Waals surface area contributed by atoms with Crippen LogP contribution in [0.15, 0.2) is 132 Å². The predicted octanol–water partition coefficient (Wildman–Crippen LogP) is 9.35. The van der Waals surface area contributed by atoms with Crippen LogP contribution in [-0.4, -0.2) is 260 Å². The number of aliphatic hydroxyl groups excluding tert-OH is 2. The maximum absolute atomic E-state index is 15.4. The van der Waals surface area contributed by atoms with Crippen molar-refractivity contribution < 1.29 is 139 Å². The van der Waals surface area contributed by atoms with Crippen molar-refractivity contribution in [2.45, 2.75) is 293 Å². The van der Waals surface area contributed by atoms with Crippen LogP contribution in [0.2, 0.25) is 0 Å². The molecule has 4 aromatic rings. The van der Waals surface area contributed by atoms with Gasteiger partial charge in [0.15, 0.2) is 36.0 Å². The average molecular weight is 1820 g/mol. The summed E-state index contributed by atoms with van der Waals surface area (Å²) in [6.45, 7) is 31.2. The highest BCUT2D eigenvalue weighted by Gasteiger charge is 2.80. The molecule has 130 heavy (non-hydrogen) atoms. The third kappa shape index (κ3) is 17.2. The smallest absolute Gasteiger partial charge is 0.408 e. The lowest BCUT2D eigenvalue weighted by Gasteiger charge is -2.68. The van der Waals surface area contributed by atoms with E-state index in [1.165, 1.54) is 49.3 Å². The van der Waals surface area contributed by atoms with Crippen molar-refractivity contribution in [2.75, 3.05) is 40.4 Å². The van der Waals surface area contributed by atoms with Crippen LogP contribution in [0.25, 0.3) is 0 Å². The third-order valence-corrected chi connectivity index (χ3v) is 28.6. The minimum Gasteiger partial charge on any atom is -0.456 e. The van der Waals surface area contributed by atoms with Gasteiger partial charge in [-0.1, -0.05) is 84.5 Å². The second-order valence-corrected chi connectivity index (χ2v) is 39.8. The first-order valence-electron chi connectivity index (χ1n) is 44.1. The van der Waals surface area contributed by atoms with Gasteiger partial charge in [0, 0.05) is 81.4 Å². The number of hydrogen-bond acceptors (Lipinski definition) is 30. The van der Waals surface area contributed by atoms with Gasteiger partial charge in [0.05, 0.1) is 61.0 Å². The molecule has 3 amide bonds. The molecule has 9 fully saturated rings. The number of halogens is 2. The number of benzene rings is 2. The molecule has 2 aromatic carbocycles. The number of aliphatic hydroxyl groups is 4. The molecule has 25 atom stereocenters. The summed E-state index contributed by atoms with van der Waals surface area (Å²) >= 11 is 0. The van der Waals surface area contributed by atoms with Crippen LogP contribution in [0.3, 0.4) is 0 Å². The first kappa shape index (κ1) is 96.3. The summed E-state index contributed by atoms with van der Waals surface area (Å²) in [6.07, 6.45) is -13.7. The number of fused-ring (bicyclic) bond motifs is 16. The van der Waals surface area contributed by atoms with Crippen LogP contribution in [-0.2, 0) is 90.3 Å². The van der Waals surface area contributed by atoms with Crippen molar-refractivity contribution in [1.82, 2.24) is 30.4 Å². The molecule has 4 bridgehead atoms. The Morgan fingerprint density at radius 2 is 0.992 bits per heavy atom. The van der Waals surface area contributed by atoms with Crippen molar-refractivity contribution in [1.29, 1.82) is 0 Å². The van der Waals surface area contributed by atoms with E-state index >= 15 is 8.78 Å². The molecule has 15 rings (SSSR count). The first-order valence-corrected chi connectivity index (χ1v) is 44.1. The zero-order valence-corrected chi connectivity index (χ0v) is 76.5. The molecule has 0 radical (unpaired) electrons. The van der Waals surface area contributed by atoms with Crippen molar-refractivity contribution in [3.05, 3.63) is 166 Å². The first-order chi connectivity index (χ1) is 60.9. The number of esters is 6. The molecule has 6 N–H and O–H groups in total. The molecule has 0 spiro atoms. The molecule has 0 unspecified atom stereocenters. The number of likely N-dealkylation sites (tertiary alicyclic amines) is 1.